The number of para-hydroxylation sites is 1. The maximum absolute atomic E-state index is 12.0. The van der Waals surface area contributed by atoms with Gasteiger partial charge in [0, 0.05) is 24.0 Å². The van der Waals surface area contributed by atoms with Gasteiger partial charge in [0.05, 0.1) is 5.52 Å². The lowest BCUT2D eigenvalue weighted by Gasteiger charge is -2.16. The summed E-state index contributed by atoms with van der Waals surface area (Å²) in [6.45, 7) is 0.829. The van der Waals surface area contributed by atoms with E-state index in [1.54, 1.807) is 6.07 Å². The van der Waals surface area contributed by atoms with E-state index in [-0.39, 0.29) is 30.2 Å². The Morgan fingerprint density at radius 3 is 2.71 bits per heavy atom. The number of benzene rings is 1. The number of hydrogen-bond donors (Lipinski definition) is 3. The summed E-state index contributed by atoms with van der Waals surface area (Å²) in [5.41, 5.74) is 6.97. The van der Waals surface area contributed by atoms with Crippen LogP contribution >= 0.6 is 24.8 Å². The second-order valence-electron chi connectivity index (χ2n) is 5.33. The minimum absolute atomic E-state index is 0. The third-order valence-corrected chi connectivity index (χ3v) is 4.01. The first-order chi connectivity index (χ1) is 9.24. The van der Waals surface area contributed by atoms with E-state index in [1.165, 1.54) is 12.8 Å². The predicted molar refractivity (Wildman–Crippen MR) is 92.9 cm³/mol. The van der Waals surface area contributed by atoms with Crippen molar-refractivity contribution < 1.29 is 0 Å². The van der Waals surface area contributed by atoms with Crippen molar-refractivity contribution in [3.63, 3.8) is 0 Å². The van der Waals surface area contributed by atoms with E-state index in [2.05, 4.69) is 10.3 Å². The Kier molecular flexibility index (Phi) is 6.52. The molecule has 1 fully saturated rings. The summed E-state index contributed by atoms with van der Waals surface area (Å²) in [6.07, 6.45) is 3.49. The van der Waals surface area contributed by atoms with E-state index in [4.69, 9.17) is 5.73 Å². The van der Waals surface area contributed by atoms with E-state index in [1.807, 2.05) is 24.3 Å². The standard InChI is InChI=1S/C15H19N3O.2ClH/c16-12-6-3-4-10(12)9-17-15-8-14(19)11-5-1-2-7-13(11)18-15;;/h1-2,5,7-8,10,12H,3-4,6,9,16H2,(H2,17,18,19);2*1H/t10?,12-;;/m0../s1. The number of nitrogens with one attached hydrogen (secondary N) is 2. The van der Waals surface area contributed by atoms with E-state index >= 15 is 0 Å². The molecule has 1 aliphatic rings. The van der Waals surface area contributed by atoms with Crippen LogP contribution in [-0.2, 0) is 0 Å². The zero-order valence-electron chi connectivity index (χ0n) is 11.7. The summed E-state index contributed by atoms with van der Waals surface area (Å²) < 4.78 is 0. The lowest BCUT2D eigenvalue weighted by Crippen LogP contribution is -2.30. The molecule has 1 aromatic heterocycles. The summed E-state index contributed by atoms with van der Waals surface area (Å²) >= 11 is 0. The van der Waals surface area contributed by atoms with Crippen LogP contribution in [0.5, 0.6) is 0 Å². The van der Waals surface area contributed by atoms with Gasteiger partial charge in [-0.1, -0.05) is 18.6 Å². The zero-order valence-corrected chi connectivity index (χ0v) is 13.3. The molecule has 0 amide bonds. The van der Waals surface area contributed by atoms with E-state index in [0.717, 1.165) is 29.7 Å². The molecule has 21 heavy (non-hydrogen) atoms. The molecule has 0 saturated heterocycles. The number of aromatic nitrogens is 1. The van der Waals surface area contributed by atoms with Gasteiger partial charge in [-0.25, -0.2) is 0 Å². The molecule has 2 atom stereocenters. The maximum atomic E-state index is 12.0. The number of aromatic amines is 1. The minimum Gasteiger partial charge on any atom is -0.371 e. The van der Waals surface area contributed by atoms with Crippen LogP contribution in [-0.4, -0.2) is 17.6 Å². The monoisotopic (exact) mass is 329 g/mol. The number of halogens is 2. The number of pyridine rings is 1. The van der Waals surface area contributed by atoms with Crippen molar-refractivity contribution in [3.05, 3.63) is 40.6 Å². The van der Waals surface area contributed by atoms with Crippen LogP contribution in [0, 0.1) is 5.92 Å². The van der Waals surface area contributed by atoms with Crippen molar-refractivity contribution in [2.75, 3.05) is 11.9 Å². The fourth-order valence-corrected chi connectivity index (χ4v) is 2.85. The molecule has 0 radical (unpaired) electrons. The largest absolute Gasteiger partial charge is 0.371 e. The molecule has 0 bridgehead atoms. The Labute approximate surface area is 136 Å². The van der Waals surface area contributed by atoms with Gasteiger partial charge in [-0.3, -0.25) is 4.79 Å². The molecule has 0 aliphatic heterocycles. The Morgan fingerprint density at radius 2 is 2.00 bits per heavy atom. The molecule has 6 heteroatoms. The molecule has 3 rings (SSSR count). The van der Waals surface area contributed by atoms with Crippen LogP contribution < -0.4 is 16.5 Å². The van der Waals surface area contributed by atoms with Crippen LogP contribution in [0.1, 0.15) is 19.3 Å². The highest BCUT2D eigenvalue weighted by Gasteiger charge is 2.23. The first kappa shape index (κ1) is 17.8. The molecule has 0 spiro atoms. The third kappa shape index (κ3) is 3.90. The fraction of sp³-hybridized carbons (Fsp3) is 0.400. The molecular weight excluding hydrogens is 309 g/mol. The maximum Gasteiger partial charge on any atom is 0.191 e. The molecule has 2 aromatic rings. The summed E-state index contributed by atoms with van der Waals surface area (Å²) in [6, 6.07) is 9.48. The first-order valence-electron chi connectivity index (χ1n) is 6.85. The highest BCUT2D eigenvalue weighted by molar-refractivity contribution is 5.85. The van der Waals surface area contributed by atoms with Crippen LogP contribution in [0.4, 0.5) is 5.82 Å². The van der Waals surface area contributed by atoms with E-state index in [0.29, 0.717) is 12.0 Å². The van der Waals surface area contributed by atoms with Gasteiger partial charge in [-0.2, -0.15) is 0 Å². The van der Waals surface area contributed by atoms with Gasteiger partial charge in [-0.05, 0) is 30.9 Å². The number of rotatable bonds is 3. The van der Waals surface area contributed by atoms with Crippen LogP contribution in [0.25, 0.3) is 10.9 Å². The van der Waals surface area contributed by atoms with Gasteiger partial charge in [0.15, 0.2) is 5.43 Å². The minimum atomic E-state index is 0. The SMILES string of the molecule is Cl.Cl.N[C@H]1CCCC1CNc1cc(=O)c2ccccc2[nH]1. The molecule has 1 aliphatic carbocycles. The highest BCUT2D eigenvalue weighted by Crippen LogP contribution is 2.24. The number of hydrogen-bond acceptors (Lipinski definition) is 3. The Morgan fingerprint density at radius 1 is 1.24 bits per heavy atom. The lowest BCUT2D eigenvalue weighted by atomic mass is 10.1. The average molecular weight is 330 g/mol. The van der Waals surface area contributed by atoms with Crippen molar-refractivity contribution >= 4 is 41.5 Å². The third-order valence-electron chi connectivity index (χ3n) is 4.01. The number of H-pyrrole nitrogens is 1. The van der Waals surface area contributed by atoms with Gasteiger partial charge in [0.1, 0.15) is 5.82 Å². The summed E-state index contributed by atoms with van der Waals surface area (Å²) in [5, 5.41) is 4.04. The van der Waals surface area contributed by atoms with Gasteiger partial charge < -0.3 is 16.0 Å². The van der Waals surface area contributed by atoms with Gasteiger partial charge in [0.2, 0.25) is 0 Å². The Hall–Kier alpha value is -1.23. The van der Waals surface area contributed by atoms with Crippen molar-refractivity contribution in [2.24, 2.45) is 11.7 Å². The lowest BCUT2D eigenvalue weighted by molar-refractivity contribution is 0.504. The molecule has 1 saturated carbocycles. The summed E-state index contributed by atoms with van der Waals surface area (Å²) in [4.78, 5) is 15.2. The van der Waals surface area contributed by atoms with Crippen molar-refractivity contribution in [2.45, 2.75) is 25.3 Å². The quantitative estimate of drug-likeness (QED) is 0.810. The van der Waals surface area contributed by atoms with Gasteiger partial charge in [0.25, 0.3) is 0 Å². The molecule has 1 heterocycles. The van der Waals surface area contributed by atoms with E-state index in [9.17, 15) is 4.79 Å². The molecule has 4 nitrogen and oxygen atoms in total. The van der Waals surface area contributed by atoms with Crippen LogP contribution in [0.15, 0.2) is 35.1 Å². The van der Waals surface area contributed by atoms with E-state index < -0.39 is 0 Å². The van der Waals surface area contributed by atoms with Gasteiger partial charge >= 0.3 is 0 Å². The predicted octanol–water partition coefficient (Wildman–Crippen LogP) is 2.91. The van der Waals surface area contributed by atoms with Crippen molar-refractivity contribution in [3.8, 4) is 0 Å². The van der Waals surface area contributed by atoms with Crippen LogP contribution in [0.3, 0.4) is 0 Å². The first-order valence-corrected chi connectivity index (χ1v) is 6.85. The summed E-state index contributed by atoms with van der Waals surface area (Å²) in [5.74, 6) is 1.29. The molecule has 4 N–H and O–H groups in total. The zero-order chi connectivity index (χ0) is 13.2. The summed E-state index contributed by atoms with van der Waals surface area (Å²) in [7, 11) is 0. The second kappa shape index (κ2) is 7.69. The topological polar surface area (TPSA) is 70.9 Å². The van der Waals surface area contributed by atoms with Crippen LogP contribution in [0.2, 0.25) is 0 Å². The Bertz CT molecular complexity index is 644. The number of anilines is 1. The molecular formula is C15H21Cl2N3O. The normalized spacial score (nSPS) is 20.6. The number of nitrogens with two attached hydrogens (primary N) is 1. The van der Waals surface area contributed by atoms with Gasteiger partial charge in [-0.15, -0.1) is 24.8 Å². The number of fused-ring (bicyclic) bond motifs is 1. The molecule has 1 unspecified atom stereocenters. The molecule has 116 valence electrons. The smallest absolute Gasteiger partial charge is 0.191 e. The van der Waals surface area contributed by atoms with Crippen molar-refractivity contribution in [1.29, 1.82) is 0 Å². The average Bonchev–Trinajstić information content (AvgIpc) is 2.82. The molecule has 1 aromatic carbocycles. The Balaban J connectivity index is 0.00000110. The fourth-order valence-electron chi connectivity index (χ4n) is 2.85. The highest BCUT2D eigenvalue weighted by atomic mass is 35.5. The second-order valence-corrected chi connectivity index (χ2v) is 5.33. The van der Waals surface area contributed by atoms with Crippen molar-refractivity contribution in [1.82, 2.24) is 4.98 Å².